The van der Waals surface area contributed by atoms with Crippen LogP contribution in [0.2, 0.25) is 0 Å². The monoisotopic (exact) mass is 320 g/mol. The number of aromatic nitrogens is 1. The number of amides is 1. The molecule has 0 radical (unpaired) electrons. The van der Waals surface area contributed by atoms with Gasteiger partial charge in [0, 0.05) is 31.1 Å². The van der Waals surface area contributed by atoms with Crippen LogP contribution in [0.5, 0.6) is 0 Å². The Morgan fingerprint density at radius 1 is 1.41 bits per heavy atom. The van der Waals surface area contributed by atoms with Gasteiger partial charge in [-0.3, -0.25) is 9.59 Å². The molecule has 2 N–H and O–H groups in total. The maximum absolute atomic E-state index is 12.4. The fraction of sp³-hybridized carbons (Fsp3) is 0.375. The van der Waals surface area contributed by atoms with Gasteiger partial charge in [0.25, 0.3) is 5.91 Å². The summed E-state index contributed by atoms with van der Waals surface area (Å²) in [7, 11) is 1.62. The van der Waals surface area contributed by atoms with Crippen molar-refractivity contribution in [2.45, 2.75) is 26.9 Å². The third kappa shape index (κ3) is 3.28. The fourth-order valence-electron chi connectivity index (χ4n) is 2.49. The Balaban J connectivity index is 2.11. The van der Waals surface area contributed by atoms with Crippen LogP contribution in [0.15, 0.2) is 17.5 Å². The third-order valence-electron chi connectivity index (χ3n) is 3.61. The molecule has 0 spiro atoms. The van der Waals surface area contributed by atoms with E-state index in [0.717, 1.165) is 4.88 Å². The van der Waals surface area contributed by atoms with E-state index in [4.69, 9.17) is 4.74 Å². The second-order valence-electron chi connectivity index (χ2n) is 5.13. The van der Waals surface area contributed by atoms with Gasteiger partial charge < -0.3 is 15.0 Å². The van der Waals surface area contributed by atoms with Gasteiger partial charge in [-0.05, 0) is 30.9 Å². The average Bonchev–Trinajstić information content (AvgIpc) is 3.08. The Labute approximate surface area is 133 Å². The number of hydrogen-bond donors (Lipinski definition) is 2. The second-order valence-corrected chi connectivity index (χ2v) is 6.11. The Morgan fingerprint density at radius 2 is 2.14 bits per heavy atom. The number of nitrogens with one attached hydrogen (secondary N) is 2. The highest BCUT2D eigenvalue weighted by molar-refractivity contribution is 7.10. The molecule has 0 unspecified atom stereocenters. The number of H-pyrrole nitrogens is 1. The van der Waals surface area contributed by atoms with Gasteiger partial charge in [0.15, 0.2) is 5.78 Å². The van der Waals surface area contributed by atoms with Crippen molar-refractivity contribution < 1.29 is 14.3 Å². The van der Waals surface area contributed by atoms with Gasteiger partial charge in [-0.15, -0.1) is 11.3 Å². The number of aromatic amines is 1. The molecule has 0 saturated heterocycles. The largest absolute Gasteiger partial charge is 0.374 e. The van der Waals surface area contributed by atoms with Gasteiger partial charge in [-0.25, -0.2) is 0 Å². The Hall–Kier alpha value is -1.92. The number of rotatable bonds is 6. The molecule has 1 amide bonds. The first kappa shape index (κ1) is 16.5. The zero-order valence-corrected chi connectivity index (χ0v) is 14.0. The Kier molecular flexibility index (Phi) is 5.15. The number of carbonyl (C=O) groups is 2. The lowest BCUT2D eigenvalue weighted by Gasteiger charge is -2.14. The summed E-state index contributed by atoms with van der Waals surface area (Å²) < 4.78 is 5.42. The molecule has 0 aliphatic heterocycles. The van der Waals surface area contributed by atoms with Crippen molar-refractivity contribution in [3.63, 3.8) is 0 Å². The molecular formula is C16H20N2O3S. The van der Waals surface area contributed by atoms with Crippen LogP contribution in [0, 0.1) is 13.8 Å². The van der Waals surface area contributed by atoms with Crippen LogP contribution in [0.4, 0.5) is 0 Å². The molecule has 0 aliphatic rings. The van der Waals surface area contributed by atoms with E-state index in [9.17, 15) is 9.59 Å². The van der Waals surface area contributed by atoms with E-state index in [0.29, 0.717) is 29.1 Å². The predicted octanol–water partition coefficient (Wildman–Crippen LogP) is 3.01. The van der Waals surface area contributed by atoms with Gasteiger partial charge in [0.2, 0.25) is 0 Å². The van der Waals surface area contributed by atoms with Crippen LogP contribution in [0.3, 0.4) is 0 Å². The summed E-state index contributed by atoms with van der Waals surface area (Å²) >= 11 is 1.59. The summed E-state index contributed by atoms with van der Waals surface area (Å²) in [5, 5.41) is 4.86. The van der Waals surface area contributed by atoms with Crippen LogP contribution < -0.4 is 5.32 Å². The minimum absolute atomic E-state index is 0.0759. The molecule has 2 heterocycles. The number of methoxy groups -OCH3 is 1. The van der Waals surface area contributed by atoms with E-state index < -0.39 is 0 Å². The first-order chi connectivity index (χ1) is 10.5. The molecule has 118 valence electrons. The summed E-state index contributed by atoms with van der Waals surface area (Å²) in [6.45, 7) is 5.44. The predicted molar refractivity (Wildman–Crippen MR) is 86.7 cm³/mol. The molecule has 22 heavy (non-hydrogen) atoms. The van der Waals surface area contributed by atoms with Gasteiger partial charge in [-0.2, -0.15) is 0 Å². The molecule has 0 aromatic carbocycles. The van der Waals surface area contributed by atoms with Crippen LogP contribution in [-0.2, 0) is 4.74 Å². The van der Waals surface area contributed by atoms with Crippen molar-refractivity contribution in [2.75, 3.05) is 13.7 Å². The zero-order chi connectivity index (χ0) is 16.3. The summed E-state index contributed by atoms with van der Waals surface area (Å²) in [6, 6.07) is 3.93. The first-order valence-electron chi connectivity index (χ1n) is 7.00. The lowest BCUT2D eigenvalue weighted by molar-refractivity contribution is 0.0837. The van der Waals surface area contributed by atoms with Crippen molar-refractivity contribution in [3.05, 3.63) is 44.9 Å². The molecule has 0 bridgehead atoms. The third-order valence-corrected chi connectivity index (χ3v) is 4.57. The van der Waals surface area contributed by atoms with Crippen molar-refractivity contribution in [1.29, 1.82) is 0 Å². The average molecular weight is 320 g/mol. The number of ketones is 1. The van der Waals surface area contributed by atoms with E-state index >= 15 is 0 Å². The molecule has 2 aromatic heterocycles. The highest BCUT2D eigenvalue weighted by Crippen LogP contribution is 2.22. The van der Waals surface area contributed by atoms with Crippen molar-refractivity contribution in [1.82, 2.24) is 10.3 Å². The normalized spacial score (nSPS) is 12.2. The first-order valence-corrected chi connectivity index (χ1v) is 7.88. The van der Waals surface area contributed by atoms with Gasteiger partial charge in [0.1, 0.15) is 6.10 Å². The number of aryl methyl sites for hydroxylation is 1. The maximum atomic E-state index is 12.4. The zero-order valence-electron chi connectivity index (χ0n) is 13.1. The van der Waals surface area contributed by atoms with Gasteiger partial charge in [-0.1, -0.05) is 6.07 Å². The van der Waals surface area contributed by atoms with Crippen molar-refractivity contribution in [3.8, 4) is 0 Å². The fourth-order valence-corrected chi connectivity index (χ4v) is 3.29. The highest BCUT2D eigenvalue weighted by Gasteiger charge is 2.21. The number of thiophene rings is 1. The molecule has 5 nitrogen and oxygen atoms in total. The minimum atomic E-state index is -0.197. The van der Waals surface area contributed by atoms with E-state index in [1.54, 1.807) is 32.3 Å². The molecule has 0 fully saturated rings. The van der Waals surface area contributed by atoms with Crippen LogP contribution in [0.25, 0.3) is 0 Å². The molecule has 0 saturated carbocycles. The summed E-state index contributed by atoms with van der Waals surface area (Å²) in [4.78, 5) is 28.0. The van der Waals surface area contributed by atoms with Crippen LogP contribution >= 0.6 is 11.3 Å². The Morgan fingerprint density at radius 3 is 2.64 bits per heavy atom. The minimum Gasteiger partial charge on any atom is -0.374 e. The van der Waals surface area contributed by atoms with Crippen molar-refractivity contribution >= 4 is 23.0 Å². The van der Waals surface area contributed by atoms with E-state index in [1.807, 2.05) is 17.5 Å². The van der Waals surface area contributed by atoms with E-state index in [1.165, 1.54) is 6.92 Å². The topological polar surface area (TPSA) is 71.2 Å². The number of Topliss-reactive ketones (excluding diaryl/α,β-unsaturated/α-hetero) is 1. The molecular weight excluding hydrogens is 300 g/mol. The standard InChI is InChI=1S/C16H20N2O3S/c1-9-14(10(2)18-15(9)11(3)19)16(20)17-8-12(21-4)13-6-5-7-22-13/h5-7,12,18H,8H2,1-4H3,(H,17,20)/t12-/m1/s1. The lowest BCUT2D eigenvalue weighted by Crippen LogP contribution is -2.29. The number of carbonyl (C=O) groups excluding carboxylic acids is 2. The van der Waals surface area contributed by atoms with E-state index in [2.05, 4.69) is 10.3 Å². The van der Waals surface area contributed by atoms with Gasteiger partial charge >= 0.3 is 0 Å². The maximum Gasteiger partial charge on any atom is 0.253 e. The highest BCUT2D eigenvalue weighted by atomic mass is 32.1. The number of ether oxygens (including phenoxy) is 1. The summed E-state index contributed by atoms with van der Waals surface area (Å²) in [5.74, 6) is -0.273. The number of hydrogen-bond acceptors (Lipinski definition) is 4. The van der Waals surface area contributed by atoms with Crippen molar-refractivity contribution in [2.24, 2.45) is 0 Å². The molecule has 1 atom stereocenters. The lowest BCUT2D eigenvalue weighted by atomic mass is 10.1. The second kappa shape index (κ2) is 6.89. The summed E-state index contributed by atoms with van der Waals surface area (Å²) in [5.41, 5.74) is 2.41. The SMILES string of the molecule is CO[C@H](CNC(=O)c1c(C)[nH]c(C(C)=O)c1C)c1cccs1. The van der Waals surface area contributed by atoms with Crippen LogP contribution in [0.1, 0.15) is 50.0 Å². The molecule has 6 heteroatoms. The van der Waals surface area contributed by atoms with Gasteiger partial charge in [0.05, 0.1) is 11.3 Å². The Bertz CT molecular complexity index is 674. The summed E-state index contributed by atoms with van der Waals surface area (Å²) in [6.07, 6.45) is -0.171. The van der Waals surface area contributed by atoms with Crippen LogP contribution in [-0.4, -0.2) is 30.3 Å². The molecule has 0 aliphatic carbocycles. The quantitative estimate of drug-likeness (QED) is 0.804. The molecule has 2 rings (SSSR count). The smallest absolute Gasteiger partial charge is 0.253 e. The molecule has 2 aromatic rings. The van der Waals surface area contributed by atoms with E-state index in [-0.39, 0.29) is 17.8 Å².